The molecule has 6 nitrogen and oxygen atoms in total. The lowest BCUT2D eigenvalue weighted by Crippen LogP contribution is -2.49. The summed E-state index contributed by atoms with van der Waals surface area (Å²) in [4.78, 5) is 34.4. The lowest BCUT2D eigenvalue weighted by Gasteiger charge is -2.39. The Balaban J connectivity index is 1.49. The van der Waals surface area contributed by atoms with Crippen LogP contribution in [0, 0.1) is 19.3 Å². The van der Waals surface area contributed by atoms with Crippen molar-refractivity contribution in [3.05, 3.63) is 53.2 Å². The lowest BCUT2D eigenvalue weighted by atomic mass is 9.78. The molecule has 6 heteroatoms. The van der Waals surface area contributed by atoms with E-state index in [1.807, 2.05) is 34.9 Å². The summed E-state index contributed by atoms with van der Waals surface area (Å²) in [6, 6.07) is 7.61. The molecule has 1 atom stereocenters. The summed E-state index contributed by atoms with van der Waals surface area (Å²) in [6.45, 7) is 6.20. The van der Waals surface area contributed by atoms with Crippen LogP contribution in [0.15, 0.2) is 34.9 Å². The van der Waals surface area contributed by atoms with Gasteiger partial charge in [0, 0.05) is 25.3 Å². The van der Waals surface area contributed by atoms with Crippen molar-refractivity contribution in [2.45, 2.75) is 39.7 Å². The van der Waals surface area contributed by atoms with Gasteiger partial charge in [0.25, 0.3) is 5.91 Å². The predicted octanol–water partition coefficient (Wildman–Crippen LogP) is 2.95. The predicted molar refractivity (Wildman–Crippen MR) is 100 cm³/mol. The highest BCUT2D eigenvalue weighted by Crippen LogP contribution is 2.41. The molecule has 2 aliphatic heterocycles. The first kappa shape index (κ1) is 17.8. The third kappa shape index (κ3) is 3.24. The summed E-state index contributed by atoms with van der Waals surface area (Å²) >= 11 is 0. The molecule has 0 aromatic carbocycles. The molecule has 4 rings (SSSR count). The Kier molecular flexibility index (Phi) is 4.50. The summed E-state index contributed by atoms with van der Waals surface area (Å²) in [6.07, 6.45) is 4.04. The molecular weight excluding hydrogens is 342 g/mol. The zero-order valence-electron chi connectivity index (χ0n) is 15.9. The number of aromatic nitrogens is 1. The highest BCUT2D eigenvalue weighted by molar-refractivity contribution is 5.96. The van der Waals surface area contributed by atoms with Crippen LogP contribution in [0.4, 0.5) is 0 Å². The molecule has 0 aliphatic carbocycles. The van der Waals surface area contributed by atoms with Gasteiger partial charge in [-0.3, -0.25) is 14.6 Å². The average molecular weight is 367 g/mol. The largest absolute Gasteiger partial charge is 0.469 e. The Morgan fingerprint density at radius 2 is 2.07 bits per heavy atom. The lowest BCUT2D eigenvalue weighted by molar-refractivity contribution is -0.138. The molecule has 0 radical (unpaired) electrons. The fourth-order valence-corrected chi connectivity index (χ4v) is 4.39. The fraction of sp³-hybridized carbons (Fsp3) is 0.476. The van der Waals surface area contributed by atoms with Gasteiger partial charge in [0.1, 0.15) is 5.76 Å². The van der Waals surface area contributed by atoms with Crippen molar-refractivity contribution < 1.29 is 14.0 Å². The molecule has 0 saturated carbocycles. The second kappa shape index (κ2) is 6.83. The number of hydrogen-bond acceptors (Lipinski definition) is 4. The van der Waals surface area contributed by atoms with E-state index in [2.05, 4.69) is 4.98 Å². The number of rotatable bonds is 3. The van der Waals surface area contributed by atoms with E-state index in [0.717, 1.165) is 37.2 Å². The number of pyridine rings is 1. The van der Waals surface area contributed by atoms with Crippen LogP contribution in [-0.2, 0) is 11.3 Å². The van der Waals surface area contributed by atoms with Gasteiger partial charge in [-0.1, -0.05) is 6.07 Å². The summed E-state index contributed by atoms with van der Waals surface area (Å²) in [7, 11) is 0. The monoisotopic (exact) mass is 367 g/mol. The summed E-state index contributed by atoms with van der Waals surface area (Å²) < 4.78 is 5.28. The highest BCUT2D eigenvalue weighted by atomic mass is 16.3. The molecule has 142 valence electrons. The van der Waals surface area contributed by atoms with Gasteiger partial charge in [0.05, 0.1) is 29.5 Å². The van der Waals surface area contributed by atoms with Gasteiger partial charge in [-0.2, -0.15) is 0 Å². The average Bonchev–Trinajstić information content (AvgIpc) is 3.21. The zero-order valence-corrected chi connectivity index (χ0v) is 15.9. The summed E-state index contributed by atoms with van der Waals surface area (Å²) in [5.41, 5.74) is 2.02. The Hall–Kier alpha value is -2.63. The van der Waals surface area contributed by atoms with Crippen molar-refractivity contribution in [1.29, 1.82) is 0 Å². The maximum Gasteiger partial charge on any atom is 0.257 e. The van der Waals surface area contributed by atoms with E-state index in [0.29, 0.717) is 31.0 Å². The van der Waals surface area contributed by atoms with Crippen molar-refractivity contribution >= 4 is 11.8 Å². The Bertz CT molecular complexity index is 875. The van der Waals surface area contributed by atoms with Crippen LogP contribution in [0.25, 0.3) is 0 Å². The van der Waals surface area contributed by atoms with E-state index in [1.165, 1.54) is 0 Å². The van der Waals surface area contributed by atoms with Crippen molar-refractivity contribution in [3.8, 4) is 0 Å². The molecule has 2 amide bonds. The van der Waals surface area contributed by atoms with Crippen molar-refractivity contribution in [2.75, 3.05) is 19.6 Å². The van der Waals surface area contributed by atoms with Crippen LogP contribution in [0.3, 0.4) is 0 Å². The minimum absolute atomic E-state index is 0.0353. The van der Waals surface area contributed by atoms with Gasteiger partial charge in [0.2, 0.25) is 5.91 Å². The van der Waals surface area contributed by atoms with Crippen molar-refractivity contribution in [1.82, 2.24) is 14.8 Å². The van der Waals surface area contributed by atoms with Crippen LogP contribution in [-0.4, -0.2) is 46.2 Å². The van der Waals surface area contributed by atoms with Crippen molar-refractivity contribution in [2.24, 2.45) is 5.41 Å². The van der Waals surface area contributed by atoms with Crippen LogP contribution >= 0.6 is 0 Å². The second-order valence-corrected chi connectivity index (χ2v) is 7.75. The number of likely N-dealkylation sites (tertiary alicyclic amines) is 2. The number of carbonyl (C=O) groups excluding carboxylic acids is 2. The number of carbonyl (C=O) groups is 2. The zero-order chi connectivity index (χ0) is 19.0. The first-order valence-corrected chi connectivity index (χ1v) is 9.54. The number of amides is 2. The summed E-state index contributed by atoms with van der Waals surface area (Å²) in [5.74, 6) is 0.753. The number of piperidine rings is 1. The quantitative estimate of drug-likeness (QED) is 0.837. The molecule has 2 aromatic heterocycles. The van der Waals surface area contributed by atoms with Gasteiger partial charge < -0.3 is 14.2 Å². The van der Waals surface area contributed by atoms with E-state index < -0.39 is 5.41 Å². The minimum Gasteiger partial charge on any atom is -0.469 e. The molecule has 0 N–H and O–H groups in total. The number of nitrogens with zero attached hydrogens (tertiary/aromatic N) is 3. The summed E-state index contributed by atoms with van der Waals surface area (Å²) in [5, 5.41) is 0. The number of hydrogen-bond donors (Lipinski definition) is 0. The van der Waals surface area contributed by atoms with Crippen LogP contribution in [0.2, 0.25) is 0 Å². The Morgan fingerprint density at radius 3 is 2.81 bits per heavy atom. The van der Waals surface area contributed by atoms with Crippen LogP contribution in [0.1, 0.15) is 46.8 Å². The number of furan rings is 1. The van der Waals surface area contributed by atoms with Gasteiger partial charge in [0.15, 0.2) is 0 Å². The normalized spacial score (nSPS) is 22.7. The van der Waals surface area contributed by atoms with Crippen molar-refractivity contribution in [3.63, 3.8) is 0 Å². The third-order valence-electron chi connectivity index (χ3n) is 5.85. The molecule has 4 heterocycles. The van der Waals surface area contributed by atoms with Gasteiger partial charge in [-0.15, -0.1) is 0 Å². The molecular formula is C21H25N3O3. The highest BCUT2D eigenvalue weighted by Gasteiger charge is 2.49. The molecule has 27 heavy (non-hydrogen) atoms. The van der Waals surface area contributed by atoms with Gasteiger partial charge in [-0.05, 0) is 51.3 Å². The molecule has 1 unspecified atom stereocenters. The van der Waals surface area contributed by atoms with E-state index in [1.54, 1.807) is 19.3 Å². The second-order valence-electron chi connectivity index (χ2n) is 7.75. The Morgan fingerprint density at radius 1 is 1.22 bits per heavy atom. The molecule has 2 aliphatic rings. The molecule has 1 spiro atoms. The van der Waals surface area contributed by atoms with E-state index in [4.69, 9.17) is 4.42 Å². The number of aryl methyl sites for hydroxylation is 2. The first-order valence-electron chi connectivity index (χ1n) is 9.54. The minimum atomic E-state index is -0.449. The smallest absolute Gasteiger partial charge is 0.257 e. The Labute approximate surface area is 159 Å². The van der Waals surface area contributed by atoms with Crippen LogP contribution in [0.5, 0.6) is 0 Å². The molecule has 2 aromatic rings. The van der Waals surface area contributed by atoms with Gasteiger partial charge >= 0.3 is 0 Å². The van der Waals surface area contributed by atoms with Crippen LogP contribution < -0.4 is 0 Å². The molecule has 0 bridgehead atoms. The van der Waals surface area contributed by atoms with E-state index in [9.17, 15) is 9.59 Å². The van der Waals surface area contributed by atoms with E-state index in [-0.39, 0.29) is 11.8 Å². The third-order valence-corrected chi connectivity index (χ3v) is 5.85. The first-order chi connectivity index (χ1) is 13.0. The maximum absolute atomic E-state index is 13.2. The molecule has 2 saturated heterocycles. The maximum atomic E-state index is 13.2. The standard InChI is InChI=1S/C21H25N3O3/c1-15-5-3-6-17(22-15)13-23-11-9-21(20(23)26)8-4-10-24(14-21)19(25)18-7-12-27-16(18)2/h3,5-7,12H,4,8-11,13-14H2,1-2H3. The van der Waals surface area contributed by atoms with Gasteiger partial charge in [-0.25, -0.2) is 0 Å². The SMILES string of the molecule is Cc1cccc(CN2CCC3(CCCN(C(=O)c4ccoc4C)C3)C2=O)n1. The molecule has 2 fully saturated rings. The fourth-order valence-electron chi connectivity index (χ4n) is 4.39. The van der Waals surface area contributed by atoms with E-state index >= 15 is 0 Å². The topological polar surface area (TPSA) is 66.7 Å².